The smallest absolute Gasteiger partial charge is 0.303 e. The highest BCUT2D eigenvalue weighted by atomic mass is 16.4. The Labute approximate surface area is 139 Å². The first-order valence-electron chi connectivity index (χ1n) is 8.54. The van der Waals surface area contributed by atoms with Gasteiger partial charge in [0.1, 0.15) is 6.04 Å². The zero-order valence-corrected chi connectivity index (χ0v) is 15.1. The van der Waals surface area contributed by atoms with E-state index in [0.29, 0.717) is 6.42 Å². The summed E-state index contributed by atoms with van der Waals surface area (Å²) < 4.78 is 0. The van der Waals surface area contributed by atoms with Crippen molar-refractivity contribution < 1.29 is 19.5 Å². The number of carboxylic acid groups (broad SMARTS) is 1. The molecule has 0 aliphatic carbocycles. The minimum absolute atomic E-state index is 0.00757. The fourth-order valence-corrected chi connectivity index (χ4v) is 2.61. The first-order valence-corrected chi connectivity index (χ1v) is 8.54. The molecule has 0 radical (unpaired) electrons. The Morgan fingerprint density at radius 1 is 1.00 bits per heavy atom. The normalized spacial score (nSPS) is 12.3. The SMILES string of the molecule is CCCCCC(=O)N[C@@H](CCC(=O)O)C(=O)N(C(C)C)C(C)C. The zero-order valence-electron chi connectivity index (χ0n) is 15.1. The van der Waals surface area contributed by atoms with Gasteiger partial charge in [-0.1, -0.05) is 19.8 Å². The van der Waals surface area contributed by atoms with Crippen LogP contribution < -0.4 is 5.32 Å². The van der Waals surface area contributed by atoms with Gasteiger partial charge in [0.25, 0.3) is 0 Å². The summed E-state index contributed by atoms with van der Waals surface area (Å²) in [5, 5.41) is 11.6. The van der Waals surface area contributed by atoms with Crippen LogP contribution in [0.2, 0.25) is 0 Å². The number of aliphatic carboxylic acids is 1. The molecule has 2 amide bonds. The molecule has 0 saturated carbocycles. The number of amides is 2. The molecule has 134 valence electrons. The monoisotopic (exact) mass is 328 g/mol. The molecule has 0 bridgehead atoms. The van der Waals surface area contributed by atoms with Crippen molar-refractivity contribution in [1.29, 1.82) is 0 Å². The largest absolute Gasteiger partial charge is 0.481 e. The molecule has 0 rings (SSSR count). The van der Waals surface area contributed by atoms with Crippen molar-refractivity contribution in [3.8, 4) is 0 Å². The van der Waals surface area contributed by atoms with E-state index in [9.17, 15) is 14.4 Å². The lowest BCUT2D eigenvalue weighted by Gasteiger charge is -2.34. The average molecular weight is 328 g/mol. The van der Waals surface area contributed by atoms with Gasteiger partial charge in [0.2, 0.25) is 11.8 Å². The number of hydrogen-bond acceptors (Lipinski definition) is 3. The van der Waals surface area contributed by atoms with Crippen LogP contribution in [0.15, 0.2) is 0 Å². The van der Waals surface area contributed by atoms with Crippen LogP contribution in [0.4, 0.5) is 0 Å². The summed E-state index contributed by atoms with van der Waals surface area (Å²) in [5.41, 5.74) is 0. The van der Waals surface area contributed by atoms with Crippen LogP contribution in [0.5, 0.6) is 0 Å². The van der Waals surface area contributed by atoms with Gasteiger partial charge in [-0.15, -0.1) is 0 Å². The molecule has 6 nitrogen and oxygen atoms in total. The van der Waals surface area contributed by atoms with Gasteiger partial charge in [0, 0.05) is 24.9 Å². The van der Waals surface area contributed by atoms with Crippen molar-refractivity contribution in [2.75, 3.05) is 0 Å². The number of unbranched alkanes of at least 4 members (excludes halogenated alkanes) is 2. The Hall–Kier alpha value is -1.59. The highest BCUT2D eigenvalue weighted by molar-refractivity contribution is 5.88. The lowest BCUT2D eigenvalue weighted by molar-refractivity contribution is -0.141. The van der Waals surface area contributed by atoms with Gasteiger partial charge in [-0.2, -0.15) is 0 Å². The summed E-state index contributed by atoms with van der Waals surface area (Å²) in [6, 6.07) is -0.788. The highest BCUT2D eigenvalue weighted by Gasteiger charge is 2.29. The second-order valence-corrected chi connectivity index (χ2v) is 6.44. The fourth-order valence-electron chi connectivity index (χ4n) is 2.61. The summed E-state index contributed by atoms with van der Waals surface area (Å²) >= 11 is 0. The van der Waals surface area contributed by atoms with Crippen LogP contribution >= 0.6 is 0 Å². The third-order valence-corrected chi connectivity index (χ3v) is 3.65. The third kappa shape index (κ3) is 8.57. The zero-order chi connectivity index (χ0) is 18.0. The van der Waals surface area contributed by atoms with Crippen LogP contribution in [0.3, 0.4) is 0 Å². The first kappa shape index (κ1) is 21.4. The number of carbonyl (C=O) groups excluding carboxylic acids is 2. The summed E-state index contributed by atoms with van der Waals surface area (Å²) in [7, 11) is 0. The molecule has 6 heteroatoms. The summed E-state index contributed by atoms with van der Waals surface area (Å²) in [5.74, 6) is -1.36. The lowest BCUT2D eigenvalue weighted by Crippen LogP contribution is -2.53. The Balaban J connectivity index is 4.93. The standard InChI is InChI=1S/C17H32N2O4/c1-6-7-8-9-15(20)18-14(10-11-16(21)22)17(23)19(12(2)3)13(4)5/h12-14H,6-11H2,1-5H3,(H,18,20)(H,21,22)/t14-/m0/s1. The second kappa shape index (κ2) is 11.0. The predicted octanol–water partition coefficient (Wildman–Crippen LogP) is 2.56. The Morgan fingerprint density at radius 3 is 2.00 bits per heavy atom. The van der Waals surface area contributed by atoms with Gasteiger partial charge in [0.05, 0.1) is 0 Å². The molecule has 1 atom stereocenters. The third-order valence-electron chi connectivity index (χ3n) is 3.65. The van der Waals surface area contributed by atoms with Gasteiger partial charge in [0.15, 0.2) is 0 Å². The van der Waals surface area contributed by atoms with E-state index in [2.05, 4.69) is 12.2 Å². The molecule has 0 spiro atoms. The molecule has 0 aliphatic heterocycles. The van der Waals surface area contributed by atoms with Crippen molar-refractivity contribution in [3.63, 3.8) is 0 Å². The Morgan fingerprint density at radius 2 is 1.57 bits per heavy atom. The van der Waals surface area contributed by atoms with E-state index in [0.717, 1.165) is 19.3 Å². The van der Waals surface area contributed by atoms with Gasteiger partial charge < -0.3 is 15.3 Å². The molecule has 23 heavy (non-hydrogen) atoms. The number of nitrogens with one attached hydrogen (secondary N) is 1. The van der Waals surface area contributed by atoms with Crippen molar-refractivity contribution in [1.82, 2.24) is 10.2 Å². The van der Waals surface area contributed by atoms with Crippen LogP contribution in [0.25, 0.3) is 0 Å². The van der Waals surface area contributed by atoms with Gasteiger partial charge in [-0.25, -0.2) is 0 Å². The molecule has 0 heterocycles. The number of nitrogens with zero attached hydrogens (tertiary/aromatic N) is 1. The van der Waals surface area contributed by atoms with Crippen LogP contribution in [-0.2, 0) is 14.4 Å². The van der Waals surface area contributed by atoms with Gasteiger partial charge in [-0.05, 0) is 40.5 Å². The quantitative estimate of drug-likeness (QED) is 0.571. The van der Waals surface area contributed by atoms with Gasteiger partial charge >= 0.3 is 5.97 Å². The number of hydrogen-bond donors (Lipinski definition) is 2. The van der Waals surface area contributed by atoms with Crippen molar-refractivity contribution in [3.05, 3.63) is 0 Å². The van der Waals surface area contributed by atoms with Crippen LogP contribution in [-0.4, -0.2) is 45.9 Å². The molecular formula is C17H32N2O4. The number of rotatable bonds is 11. The topological polar surface area (TPSA) is 86.7 Å². The molecule has 0 aromatic heterocycles. The summed E-state index contributed by atoms with van der Waals surface area (Å²) in [6.07, 6.45) is 3.10. The molecule has 0 aromatic rings. The predicted molar refractivity (Wildman–Crippen MR) is 90.1 cm³/mol. The summed E-state index contributed by atoms with van der Waals surface area (Å²) in [6.45, 7) is 9.70. The van der Waals surface area contributed by atoms with Gasteiger partial charge in [-0.3, -0.25) is 14.4 Å². The highest BCUT2D eigenvalue weighted by Crippen LogP contribution is 2.11. The van der Waals surface area contributed by atoms with Crippen molar-refractivity contribution in [2.24, 2.45) is 0 Å². The average Bonchev–Trinajstić information content (AvgIpc) is 2.42. The van der Waals surface area contributed by atoms with E-state index in [4.69, 9.17) is 5.11 Å². The summed E-state index contributed by atoms with van der Waals surface area (Å²) in [4.78, 5) is 37.2. The number of carboxylic acids is 1. The maximum atomic E-state index is 12.7. The van der Waals surface area contributed by atoms with E-state index >= 15 is 0 Å². The number of carbonyl (C=O) groups is 3. The van der Waals surface area contributed by atoms with Crippen molar-refractivity contribution in [2.45, 2.75) is 91.3 Å². The van der Waals surface area contributed by atoms with Crippen LogP contribution in [0.1, 0.15) is 73.1 Å². The fraction of sp³-hybridized carbons (Fsp3) is 0.824. The van der Waals surface area contributed by atoms with E-state index in [-0.39, 0.29) is 36.7 Å². The Bertz CT molecular complexity index is 386. The maximum Gasteiger partial charge on any atom is 0.303 e. The lowest BCUT2D eigenvalue weighted by atomic mass is 10.1. The van der Waals surface area contributed by atoms with E-state index in [1.807, 2.05) is 27.7 Å². The molecule has 0 aromatic carbocycles. The Kier molecular flexibility index (Phi) is 10.3. The minimum Gasteiger partial charge on any atom is -0.481 e. The van der Waals surface area contributed by atoms with E-state index < -0.39 is 12.0 Å². The molecule has 2 N–H and O–H groups in total. The van der Waals surface area contributed by atoms with E-state index in [1.54, 1.807) is 4.90 Å². The molecular weight excluding hydrogens is 296 g/mol. The minimum atomic E-state index is -0.969. The molecule has 0 aliphatic rings. The van der Waals surface area contributed by atoms with Crippen molar-refractivity contribution >= 4 is 17.8 Å². The second-order valence-electron chi connectivity index (χ2n) is 6.44. The van der Waals surface area contributed by atoms with Crippen LogP contribution in [0, 0.1) is 0 Å². The molecule has 0 fully saturated rings. The van der Waals surface area contributed by atoms with E-state index in [1.165, 1.54) is 0 Å². The molecule has 0 unspecified atom stereocenters. The maximum absolute atomic E-state index is 12.7. The molecule has 0 saturated heterocycles. The first-order chi connectivity index (χ1) is 10.7.